The fourth-order valence-corrected chi connectivity index (χ4v) is 3.48. The first-order valence-corrected chi connectivity index (χ1v) is 10.2. The molecule has 0 radical (unpaired) electrons. The van der Waals surface area contributed by atoms with Crippen LogP contribution in [0.1, 0.15) is 25.3 Å². The predicted molar refractivity (Wildman–Crippen MR) is 103 cm³/mol. The molecule has 146 valence electrons. The largest absolute Gasteiger partial charge is 0.497 e. The van der Waals surface area contributed by atoms with Crippen LogP contribution in [0.15, 0.2) is 59.5 Å². The second-order valence-electron chi connectivity index (χ2n) is 6.09. The van der Waals surface area contributed by atoms with Crippen molar-refractivity contribution >= 4 is 16.1 Å². The van der Waals surface area contributed by atoms with Crippen LogP contribution >= 0.6 is 0 Å². The Kier molecular flexibility index (Phi) is 7.82. The van der Waals surface area contributed by atoms with Gasteiger partial charge in [-0.1, -0.05) is 37.3 Å². The molecule has 0 aliphatic heterocycles. The van der Waals surface area contributed by atoms with E-state index in [9.17, 15) is 13.2 Å². The monoisotopic (exact) mass is 391 g/mol. The zero-order valence-corrected chi connectivity index (χ0v) is 16.4. The highest BCUT2D eigenvalue weighted by molar-refractivity contribution is 7.87. The molecule has 0 saturated carbocycles. The molecular weight excluding hydrogens is 366 g/mol. The SMILES string of the molecule is CCC(CCNCc1ccccc1)C(=O)OS(=O)(=O)c1ccc(OC)cc1. The minimum Gasteiger partial charge on any atom is -0.497 e. The lowest BCUT2D eigenvalue weighted by Crippen LogP contribution is -2.25. The Morgan fingerprint density at radius 1 is 1.07 bits per heavy atom. The van der Waals surface area contributed by atoms with Crippen molar-refractivity contribution in [1.29, 1.82) is 0 Å². The molecule has 1 unspecified atom stereocenters. The van der Waals surface area contributed by atoms with Crippen molar-refractivity contribution in [3.63, 3.8) is 0 Å². The van der Waals surface area contributed by atoms with Crippen molar-refractivity contribution in [1.82, 2.24) is 5.32 Å². The molecule has 0 amide bonds. The summed E-state index contributed by atoms with van der Waals surface area (Å²) in [5.74, 6) is -0.688. The van der Waals surface area contributed by atoms with Crippen molar-refractivity contribution in [3.05, 3.63) is 60.2 Å². The van der Waals surface area contributed by atoms with E-state index in [1.165, 1.54) is 31.4 Å². The van der Waals surface area contributed by atoms with Gasteiger partial charge in [0.2, 0.25) is 0 Å². The maximum atomic E-state index is 12.3. The van der Waals surface area contributed by atoms with E-state index in [1.807, 2.05) is 37.3 Å². The summed E-state index contributed by atoms with van der Waals surface area (Å²) in [6, 6.07) is 15.6. The minimum atomic E-state index is -4.14. The topological polar surface area (TPSA) is 81.7 Å². The van der Waals surface area contributed by atoms with Gasteiger partial charge in [-0.15, -0.1) is 0 Å². The van der Waals surface area contributed by atoms with Crippen LogP contribution in [-0.4, -0.2) is 28.0 Å². The fraction of sp³-hybridized carbons (Fsp3) is 0.350. The molecule has 2 aromatic rings. The molecule has 2 aromatic carbocycles. The van der Waals surface area contributed by atoms with Gasteiger partial charge >= 0.3 is 16.1 Å². The summed E-state index contributed by atoms with van der Waals surface area (Å²) < 4.78 is 34.4. The quantitative estimate of drug-likeness (QED) is 0.495. The maximum absolute atomic E-state index is 12.3. The number of ether oxygens (including phenoxy) is 1. The highest BCUT2D eigenvalue weighted by Crippen LogP contribution is 2.20. The Bertz CT molecular complexity index is 819. The van der Waals surface area contributed by atoms with Gasteiger partial charge in [0.15, 0.2) is 0 Å². The second-order valence-corrected chi connectivity index (χ2v) is 7.63. The Morgan fingerprint density at radius 2 is 1.74 bits per heavy atom. The Hall–Kier alpha value is -2.38. The Balaban J connectivity index is 1.87. The van der Waals surface area contributed by atoms with Gasteiger partial charge in [-0.3, -0.25) is 4.79 Å². The first-order valence-electron chi connectivity index (χ1n) is 8.83. The van der Waals surface area contributed by atoms with Crippen LogP contribution in [0.4, 0.5) is 0 Å². The van der Waals surface area contributed by atoms with E-state index in [1.54, 1.807) is 0 Å². The van der Waals surface area contributed by atoms with E-state index in [4.69, 9.17) is 8.92 Å². The zero-order valence-electron chi connectivity index (χ0n) is 15.6. The number of carbonyl (C=O) groups is 1. The Labute approximate surface area is 160 Å². The molecule has 0 fully saturated rings. The van der Waals surface area contributed by atoms with E-state index < -0.39 is 22.0 Å². The summed E-state index contributed by atoms with van der Waals surface area (Å²) in [7, 11) is -2.65. The number of methoxy groups -OCH3 is 1. The fourth-order valence-electron chi connectivity index (χ4n) is 2.56. The molecule has 6 nitrogen and oxygen atoms in total. The lowest BCUT2D eigenvalue weighted by molar-refractivity contribution is -0.138. The van der Waals surface area contributed by atoms with Gasteiger partial charge in [-0.05, 0) is 49.2 Å². The summed E-state index contributed by atoms with van der Waals surface area (Å²) >= 11 is 0. The normalized spacial score (nSPS) is 12.4. The summed E-state index contributed by atoms with van der Waals surface area (Å²) in [5.41, 5.74) is 1.15. The van der Waals surface area contributed by atoms with Crippen molar-refractivity contribution in [2.75, 3.05) is 13.7 Å². The van der Waals surface area contributed by atoms with Crippen molar-refractivity contribution in [2.24, 2.45) is 5.92 Å². The minimum absolute atomic E-state index is 0.0753. The van der Waals surface area contributed by atoms with Crippen LogP contribution in [0.5, 0.6) is 5.75 Å². The van der Waals surface area contributed by atoms with Crippen LogP contribution in [0.25, 0.3) is 0 Å². The number of nitrogens with one attached hydrogen (secondary N) is 1. The van der Waals surface area contributed by atoms with E-state index in [0.717, 1.165) is 5.56 Å². The van der Waals surface area contributed by atoms with Gasteiger partial charge in [-0.25, -0.2) is 0 Å². The number of hydrogen-bond acceptors (Lipinski definition) is 6. The van der Waals surface area contributed by atoms with Gasteiger partial charge < -0.3 is 14.2 Å². The lowest BCUT2D eigenvalue weighted by Gasteiger charge is -2.14. The average Bonchev–Trinajstić information content (AvgIpc) is 2.68. The number of hydrogen-bond donors (Lipinski definition) is 1. The van der Waals surface area contributed by atoms with E-state index in [2.05, 4.69) is 5.32 Å². The molecule has 1 N–H and O–H groups in total. The molecule has 0 heterocycles. The van der Waals surface area contributed by atoms with Gasteiger partial charge in [-0.2, -0.15) is 8.42 Å². The molecular formula is C20H25NO5S. The summed E-state index contributed by atoms with van der Waals surface area (Å²) in [6.45, 7) is 3.12. The molecule has 27 heavy (non-hydrogen) atoms. The zero-order chi connectivity index (χ0) is 19.7. The van der Waals surface area contributed by atoms with Crippen molar-refractivity contribution in [2.45, 2.75) is 31.2 Å². The first kappa shape index (κ1) is 20.9. The molecule has 2 rings (SSSR count). The van der Waals surface area contributed by atoms with Crippen LogP contribution in [-0.2, 0) is 25.6 Å². The van der Waals surface area contributed by atoms with Gasteiger partial charge in [0.05, 0.1) is 13.0 Å². The standard InChI is InChI=1S/C20H25NO5S/c1-3-17(13-14-21-15-16-7-5-4-6-8-16)20(22)26-27(23,24)19-11-9-18(25-2)10-12-19/h4-12,17,21H,3,13-15H2,1-2H3. The number of carbonyl (C=O) groups excluding carboxylic acids is 1. The summed E-state index contributed by atoms with van der Waals surface area (Å²) in [4.78, 5) is 12.2. The third-order valence-electron chi connectivity index (χ3n) is 4.21. The highest BCUT2D eigenvalue weighted by atomic mass is 32.2. The molecule has 0 saturated heterocycles. The highest BCUT2D eigenvalue weighted by Gasteiger charge is 2.25. The summed E-state index contributed by atoms with van der Waals surface area (Å²) in [6.07, 6.45) is 1.00. The smallest absolute Gasteiger partial charge is 0.341 e. The molecule has 7 heteroatoms. The molecule has 0 bridgehead atoms. The molecule has 0 aliphatic rings. The Morgan fingerprint density at radius 3 is 2.33 bits per heavy atom. The molecule has 0 aromatic heterocycles. The summed E-state index contributed by atoms with van der Waals surface area (Å²) in [5, 5.41) is 3.26. The van der Waals surface area contributed by atoms with Crippen LogP contribution in [0.3, 0.4) is 0 Å². The second kappa shape index (κ2) is 10.1. The third-order valence-corrected chi connectivity index (χ3v) is 5.44. The third kappa shape index (κ3) is 6.37. The van der Waals surface area contributed by atoms with Crippen molar-refractivity contribution < 1.29 is 22.1 Å². The van der Waals surface area contributed by atoms with Gasteiger partial charge in [0.25, 0.3) is 0 Å². The number of rotatable bonds is 10. The predicted octanol–water partition coefficient (Wildman–Crippen LogP) is 3.13. The maximum Gasteiger partial charge on any atom is 0.341 e. The molecule has 0 spiro atoms. The van der Waals surface area contributed by atoms with E-state index in [0.29, 0.717) is 31.7 Å². The first-order chi connectivity index (χ1) is 13.0. The van der Waals surface area contributed by atoms with Crippen LogP contribution < -0.4 is 10.1 Å². The van der Waals surface area contributed by atoms with Crippen molar-refractivity contribution in [3.8, 4) is 5.75 Å². The van der Waals surface area contributed by atoms with Crippen LogP contribution in [0, 0.1) is 5.92 Å². The molecule has 0 aliphatic carbocycles. The number of benzene rings is 2. The average molecular weight is 391 g/mol. The van der Waals surface area contributed by atoms with Gasteiger partial charge in [0, 0.05) is 6.54 Å². The van der Waals surface area contributed by atoms with E-state index >= 15 is 0 Å². The lowest BCUT2D eigenvalue weighted by atomic mass is 10.0. The molecule has 1 atom stereocenters. The van der Waals surface area contributed by atoms with Crippen LogP contribution in [0.2, 0.25) is 0 Å². The van der Waals surface area contributed by atoms with Gasteiger partial charge in [0.1, 0.15) is 10.6 Å². The van der Waals surface area contributed by atoms with E-state index in [-0.39, 0.29) is 4.90 Å².